The zero-order chi connectivity index (χ0) is 7.15. The fourth-order valence-electron chi connectivity index (χ4n) is 0. The molecule has 0 heterocycles. The molecule has 0 atom stereocenters. The van der Waals surface area contributed by atoms with Gasteiger partial charge in [-0.2, -0.15) is 0 Å². The molecule has 0 aliphatic carbocycles. The van der Waals surface area contributed by atoms with Crippen LogP contribution in [0.25, 0.3) is 0 Å². The Kier molecular flexibility index (Phi) is 215. The summed E-state index contributed by atoms with van der Waals surface area (Å²) in [5.41, 5.74) is 0. The van der Waals surface area contributed by atoms with Crippen LogP contribution in [0.2, 0.25) is 0 Å². The Balaban J connectivity index is -0.00000000600. The minimum atomic E-state index is -2.33. The number of aliphatic carboxylic acids is 1. The first-order valence-electron chi connectivity index (χ1n) is 1.54. The van der Waals surface area contributed by atoms with E-state index in [2.05, 4.69) is 0 Å². The Bertz CT molecular complexity index is 78.1. The van der Waals surface area contributed by atoms with Gasteiger partial charge in [0, 0.05) is 23.7 Å². The van der Waals surface area contributed by atoms with Crippen LogP contribution >= 0.6 is 0 Å². The first kappa shape index (κ1) is 61.3. The molecular formula is C3H12CoKO9-. The SMILES string of the molecule is CC(=O)O.O.O.O.O.O=C([O-])[O-].[Co].[K+]. The molecule has 0 saturated carbocycles. The van der Waals surface area contributed by atoms with Crippen LogP contribution in [-0.4, -0.2) is 39.1 Å². The Morgan fingerprint density at radius 1 is 1.00 bits per heavy atom. The van der Waals surface area contributed by atoms with E-state index in [1.807, 2.05) is 0 Å². The Hall–Kier alpha value is 0.723. The molecule has 11 heteroatoms. The second kappa shape index (κ2) is 49.1. The van der Waals surface area contributed by atoms with E-state index in [-0.39, 0.29) is 90.1 Å². The van der Waals surface area contributed by atoms with Gasteiger partial charge in [-0.15, -0.1) is 0 Å². The van der Waals surface area contributed by atoms with Gasteiger partial charge >= 0.3 is 51.4 Å². The van der Waals surface area contributed by atoms with Crippen molar-refractivity contribution in [3.63, 3.8) is 0 Å². The van der Waals surface area contributed by atoms with E-state index in [4.69, 9.17) is 24.9 Å². The summed E-state index contributed by atoms with van der Waals surface area (Å²) in [6.07, 6.45) is -2.33. The second-order valence-corrected chi connectivity index (χ2v) is 0.769. The summed E-state index contributed by atoms with van der Waals surface area (Å²) in [4.78, 5) is 17.3. The second-order valence-electron chi connectivity index (χ2n) is 0.769. The van der Waals surface area contributed by atoms with Gasteiger partial charge in [-0.3, -0.25) is 4.79 Å². The molecule has 0 spiro atoms. The normalized spacial score (nSPS) is 3.50. The molecule has 0 unspecified atom stereocenters. The summed E-state index contributed by atoms with van der Waals surface area (Å²) in [5, 5.41) is 24.1. The van der Waals surface area contributed by atoms with Crippen molar-refractivity contribution in [2.24, 2.45) is 0 Å². The molecule has 9 nitrogen and oxygen atoms in total. The summed E-state index contributed by atoms with van der Waals surface area (Å²) in [6.45, 7) is 1.08. The average molecular weight is 290 g/mol. The van der Waals surface area contributed by atoms with Crippen molar-refractivity contribution in [2.45, 2.75) is 6.92 Å². The maximum absolute atomic E-state index is 9.00. The molecule has 9 N–H and O–H groups in total. The van der Waals surface area contributed by atoms with Crippen LogP contribution in [0.3, 0.4) is 0 Å². The van der Waals surface area contributed by atoms with Crippen molar-refractivity contribution in [3.05, 3.63) is 0 Å². The number of carboxylic acid groups (broad SMARTS) is 3. The van der Waals surface area contributed by atoms with Crippen molar-refractivity contribution in [1.29, 1.82) is 0 Å². The monoisotopic (exact) mass is 290 g/mol. The van der Waals surface area contributed by atoms with Crippen molar-refractivity contribution < 1.29 is 115 Å². The molecule has 0 aromatic rings. The van der Waals surface area contributed by atoms with E-state index >= 15 is 0 Å². The molecule has 0 fully saturated rings. The van der Waals surface area contributed by atoms with Crippen molar-refractivity contribution >= 4 is 12.1 Å². The molecule has 1 radical (unpaired) electrons. The van der Waals surface area contributed by atoms with Crippen LogP contribution in [0.15, 0.2) is 0 Å². The van der Waals surface area contributed by atoms with Crippen LogP contribution in [-0.2, 0) is 21.6 Å². The summed E-state index contributed by atoms with van der Waals surface area (Å²) >= 11 is 0. The van der Waals surface area contributed by atoms with E-state index in [9.17, 15) is 0 Å². The van der Waals surface area contributed by atoms with Gasteiger partial charge in [0.1, 0.15) is 0 Å². The average Bonchev–Trinajstić information content (AvgIpc) is 1.25. The maximum atomic E-state index is 9.00. The zero-order valence-electron chi connectivity index (χ0n) is 7.41. The fourth-order valence-corrected chi connectivity index (χ4v) is 0. The minimum Gasteiger partial charge on any atom is -0.652 e. The third kappa shape index (κ3) is 3350. The van der Waals surface area contributed by atoms with Crippen LogP contribution in [0.1, 0.15) is 6.92 Å². The summed E-state index contributed by atoms with van der Waals surface area (Å²) in [6, 6.07) is 0. The fraction of sp³-hybridized carbons (Fsp3) is 0.333. The third-order valence-corrected chi connectivity index (χ3v) is 0. The number of rotatable bonds is 0. The van der Waals surface area contributed by atoms with Crippen LogP contribution in [0.4, 0.5) is 4.79 Å². The first-order valence-corrected chi connectivity index (χ1v) is 1.54. The van der Waals surface area contributed by atoms with Crippen LogP contribution in [0, 0.1) is 0 Å². The molecule has 0 rings (SSSR count). The number of carboxylic acids is 1. The molecule has 0 saturated heterocycles. The third-order valence-electron chi connectivity index (χ3n) is 0. The van der Waals surface area contributed by atoms with Crippen LogP contribution < -0.4 is 61.6 Å². The first-order chi connectivity index (χ1) is 3.46. The topological polar surface area (TPSA) is 226 Å². The van der Waals surface area contributed by atoms with E-state index < -0.39 is 12.1 Å². The van der Waals surface area contributed by atoms with E-state index in [0.717, 1.165) is 6.92 Å². The minimum absolute atomic E-state index is 0. The molecule has 0 aromatic carbocycles. The van der Waals surface area contributed by atoms with Gasteiger partial charge in [-0.05, 0) is 6.16 Å². The Morgan fingerprint density at radius 3 is 1.00 bits per heavy atom. The summed E-state index contributed by atoms with van der Waals surface area (Å²) in [5.74, 6) is -0.833. The van der Waals surface area contributed by atoms with Gasteiger partial charge in [-0.1, -0.05) is 0 Å². The number of carbonyl (C=O) groups is 2. The number of hydrogen-bond acceptors (Lipinski definition) is 4. The molecule has 0 bridgehead atoms. The van der Waals surface area contributed by atoms with E-state index in [1.165, 1.54) is 0 Å². The van der Waals surface area contributed by atoms with Gasteiger partial charge in [0.15, 0.2) is 0 Å². The standard InChI is InChI=1S/C2H4O2.CH2O3.Co.K.4H2O/c1-2(3)4;2-1(3)4;;;;;;/h1H3,(H,3,4);(H2,2,3,4);;;4*1H2/q;;;+1;;;;/p-2. The summed E-state index contributed by atoms with van der Waals surface area (Å²) in [7, 11) is 0. The van der Waals surface area contributed by atoms with Gasteiger partial charge in [0.25, 0.3) is 5.97 Å². The van der Waals surface area contributed by atoms with Gasteiger partial charge in [0.2, 0.25) is 0 Å². The Morgan fingerprint density at radius 2 is 1.00 bits per heavy atom. The zero-order valence-corrected chi connectivity index (χ0v) is 11.6. The predicted octanol–water partition coefficient (Wildman–Crippen LogP) is -8.65. The largest absolute Gasteiger partial charge is 1.00 e. The van der Waals surface area contributed by atoms with Gasteiger partial charge in [-0.25, -0.2) is 0 Å². The van der Waals surface area contributed by atoms with E-state index in [1.54, 1.807) is 0 Å². The molecule has 0 aliphatic rings. The molecule has 0 amide bonds. The Labute approximate surface area is 132 Å². The van der Waals surface area contributed by atoms with Gasteiger partial charge in [0.05, 0.1) is 0 Å². The van der Waals surface area contributed by atoms with Gasteiger partial charge < -0.3 is 42.0 Å². The smallest absolute Gasteiger partial charge is 0.652 e. The van der Waals surface area contributed by atoms with Crippen molar-refractivity contribution in [2.75, 3.05) is 0 Å². The molecule has 89 valence electrons. The molecule has 14 heavy (non-hydrogen) atoms. The molecule has 0 aromatic heterocycles. The number of carbonyl (C=O) groups excluding carboxylic acids is 1. The van der Waals surface area contributed by atoms with E-state index in [0.29, 0.717) is 0 Å². The predicted molar refractivity (Wildman–Crippen MR) is 33.2 cm³/mol. The van der Waals surface area contributed by atoms with Crippen molar-refractivity contribution in [3.8, 4) is 0 Å². The van der Waals surface area contributed by atoms with Crippen LogP contribution in [0.5, 0.6) is 0 Å². The number of hydrogen-bond donors (Lipinski definition) is 1. The molecular weight excluding hydrogens is 278 g/mol. The van der Waals surface area contributed by atoms with Crippen molar-refractivity contribution in [1.82, 2.24) is 0 Å². The molecule has 0 aliphatic heterocycles. The quantitative estimate of drug-likeness (QED) is 0.427. The maximum Gasteiger partial charge on any atom is 1.00 e. The summed E-state index contributed by atoms with van der Waals surface area (Å²) < 4.78 is 0.